The zero-order valence-electron chi connectivity index (χ0n) is 18.3. The lowest BCUT2D eigenvalue weighted by atomic mass is 10.0. The number of alkyl halides is 3. The Balaban J connectivity index is 1.40. The first-order chi connectivity index (χ1) is 16.4. The van der Waals surface area contributed by atoms with Crippen LogP contribution in [0, 0.1) is 0 Å². The summed E-state index contributed by atoms with van der Waals surface area (Å²) in [6.07, 6.45) is 1.05. The first kappa shape index (κ1) is 21.2. The average Bonchev–Trinajstić information content (AvgIpc) is 3.57. The minimum absolute atomic E-state index is 0.140. The molecule has 2 aliphatic rings. The molecule has 34 heavy (non-hydrogen) atoms. The number of anilines is 1. The predicted molar refractivity (Wildman–Crippen MR) is 124 cm³/mol. The lowest BCUT2D eigenvalue weighted by Crippen LogP contribution is -2.47. The lowest BCUT2D eigenvalue weighted by molar-refractivity contribution is -0.140. The molecule has 176 valence electrons. The third kappa shape index (κ3) is 3.81. The van der Waals surface area contributed by atoms with E-state index in [0.29, 0.717) is 10.9 Å². The Morgan fingerprint density at radius 1 is 1.00 bits per heavy atom. The van der Waals surface area contributed by atoms with Crippen LogP contribution < -0.4 is 10.5 Å². The van der Waals surface area contributed by atoms with Gasteiger partial charge in [0.05, 0.1) is 22.6 Å². The van der Waals surface area contributed by atoms with Crippen molar-refractivity contribution in [2.75, 3.05) is 31.1 Å². The van der Waals surface area contributed by atoms with E-state index < -0.39 is 18.3 Å². The lowest BCUT2D eigenvalue weighted by Gasteiger charge is -2.35. The van der Waals surface area contributed by atoms with Crippen molar-refractivity contribution in [3.8, 4) is 11.1 Å². The van der Waals surface area contributed by atoms with Gasteiger partial charge in [-0.3, -0.25) is 19.4 Å². The number of aromatic amines is 1. The minimum Gasteiger partial charge on any atom is -0.354 e. The van der Waals surface area contributed by atoms with E-state index in [-0.39, 0.29) is 10.9 Å². The van der Waals surface area contributed by atoms with Crippen molar-refractivity contribution < 1.29 is 13.2 Å². The van der Waals surface area contributed by atoms with Crippen LogP contribution in [0.2, 0.25) is 0 Å². The Bertz CT molecular complexity index is 1430. The van der Waals surface area contributed by atoms with Crippen LogP contribution >= 0.6 is 0 Å². The normalized spacial score (nSPS) is 17.7. The van der Waals surface area contributed by atoms with Gasteiger partial charge in [-0.2, -0.15) is 18.3 Å². The van der Waals surface area contributed by atoms with E-state index in [4.69, 9.17) is 0 Å². The van der Waals surface area contributed by atoms with Crippen LogP contribution in [0.3, 0.4) is 0 Å². The Morgan fingerprint density at radius 3 is 2.50 bits per heavy atom. The number of aromatic nitrogens is 4. The minimum atomic E-state index is -4.53. The Morgan fingerprint density at radius 2 is 1.76 bits per heavy atom. The number of H-pyrrole nitrogens is 1. The largest absolute Gasteiger partial charge is 0.406 e. The van der Waals surface area contributed by atoms with Crippen LogP contribution in [0.5, 0.6) is 0 Å². The molecular formula is C24H23F3N6O. The molecule has 0 bridgehead atoms. The molecule has 1 aromatic carbocycles. The van der Waals surface area contributed by atoms with Crippen LogP contribution in [-0.4, -0.2) is 63.0 Å². The molecule has 0 radical (unpaired) electrons. The van der Waals surface area contributed by atoms with E-state index in [0.717, 1.165) is 53.7 Å². The molecule has 10 heteroatoms. The van der Waals surface area contributed by atoms with Gasteiger partial charge in [-0.1, -0.05) is 12.1 Å². The van der Waals surface area contributed by atoms with Crippen LogP contribution in [0.15, 0.2) is 47.5 Å². The number of hydrogen-bond donors (Lipinski definition) is 1. The number of pyridine rings is 2. The molecule has 4 aromatic rings. The van der Waals surface area contributed by atoms with Gasteiger partial charge < -0.3 is 4.90 Å². The molecule has 6 rings (SSSR count). The molecule has 1 N–H and O–H groups in total. The summed E-state index contributed by atoms with van der Waals surface area (Å²) in [4.78, 5) is 22.2. The summed E-state index contributed by atoms with van der Waals surface area (Å²) in [5.74, 6) is 0.852. The van der Waals surface area contributed by atoms with Crippen LogP contribution in [0.4, 0.5) is 19.0 Å². The van der Waals surface area contributed by atoms with Gasteiger partial charge in [-0.05, 0) is 42.2 Å². The van der Waals surface area contributed by atoms with E-state index in [9.17, 15) is 18.0 Å². The third-order valence-corrected chi connectivity index (χ3v) is 6.79. The summed E-state index contributed by atoms with van der Waals surface area (Å²) in [5, 5.41) is 7.29. The predicted octanol–water partition coefficient (Wildman–Crippen LogP) is 3.79. The highest BCUT2D eigenvalue weighted by atomic mass is 19.4. The second-order valence-corrected chi connectivity index (χ2v) is 9.05. The Kier molecular flexibility index (Phi) is 4.87. The Hall–Kier alpha value is -3.40. The van der Waals surface area contributed by atoms with Crippen molar-refractivity contribution in [1.82, 2.24) is 24.6 Å². The number of piperazine rings is 1. The van der Waals surface area contributed by atoms with Gasteiger partial charge in [0.2, 0.25) is 0 Å². The number of benzene rings is 1. The number of halogens is 3. The number of fused-ring (bicyclic) bond motifs is 3. The smallest absolute Gasteiger partial charge is 0.354 e. The molecule has 0 atom stereocenters. The van der Waals surface area contributed by atoms with Gasteiger partial charge in [0.1, 0.15) is 12.4 Å². The topological polar surface area (TPSA) is 70.1 Å². The highest BCUT2D eigenvalue weighted by molar-refractivity contribution is 6.04. The number of nitrogens with one attached hydrogen (secondary N) is 1. The van der Waals surface area contributed by atoms with Gasteiger partial charge in [-0.25, -0.2) is 4.98 Å². The van der Waals surface area contributed by atoms with Gasteiger partial charge in [-0.15, -0.1) is 0 Å². The van der Waals surface area contributed by atoms with Gasteiger partial charge in [0.15, 0.2) is 0 Å². The van der Waals surface area contributed by atoms with E-state index in [1.807, 2.05) is 18.2 Å². The van der Waals surface area contributed by atoms with Crippen molar-refractivity contribution in [3.05, 3.63) is 53.1 Å². The van der Waals surface area contributed by atoms with E-state index in [1.165, 1.54) is 19.0 Å². The summed E-state index contributed by atoms with van der Waals surface area (Å²) in [6.45, 7) is 2.45. The molecule has 7 nitrogen and oxygen atoms in total. The van der Waals surface area contributed by atoms with Gasteiger partial charge >= 0.3 is 6.18 Å². The standard InChI is InChI=1S/C24H23F3N6O/c25-24(26,27)14-33-20-11-15(1-4-18(20)22-19(23(33)34)13-29-30-22)16-5-6-28-21(12-16)32-9-7-31(8-10-32)17-2-3-17/h1,4-6,11-13,17H,2-3,7-10,14H2,(H,29,30). The molecule has 4 heterocycles. The summed E-state index contributed by atoms with van der Waals surface area (Å²) < 4.78 is 40.8. The molecule has 2 fully saturated rings. The van der Waals surface area contributed by atoms with E-state index >= 15 is 0 Å². The van der Waals surface area contributed by atoms with Crippen molar-refractivity contribution in [2.45, 2.75) is 31.6 Å². The van der Waals surface area contributed by atoms with Crippen LogP contribution in [-0.2, 0) is 6.54 Å². The summed E-state index contributed by atoms with van der Waals surface area (Å²) in [6, 6.07) is 9.80. The number of rotatable bonds is 4. The molecule has 1 aliphatic heterocycles. The summed E-state index contributed by atoms with van der Waals surface area (Å²) >= 11 is 0. The maximum absolute atomic E-state index is 13.3. The van der Waals surface area contributed by atoms with Gasteiger partial charge in [0.25, 0.3) is 5.56 Å². The van der Waals surface area contributed by atoms with Crippen molar-refractivity contribution in [1.29, 1.82) is 0 Å². The SMILES string of the molecule is O=c1c2cn[nH]c2c2ccc(-c3ccnc(N4CCN(C5CC5)CC4)c3)cc2n1CC(F)(F)F. The zero-order valence-corrected chi connectivity index (χ0v) is 18.3. The van der Waals surface area contributed by atoms with Crippen LogP contribution in [0.1, 0.15) is 12.8 Å². The fraction of sp³-hybridized carbons (Fsp3) is 0.375. The fourth-order valence-electron chi connectivity index (χ4n) is 4.92. The Labute approximate surface area is 192 Å². The van der Waals surface area contributed by atoms with Crippen molar-refractivity contribution >= 4 is 27.6 Å². The molecule has 0 amide bonds. The quantitative estimate of drug-likeness (QED) is 0.494. The first-order valence-electron chi connectivity index (χ1n) is 11.4. The molecule has 1 saturated heterocycles. The molecule has 1 aliphatic carbocycles. The molecule has 3 aromatic heterocycles. The fourth-order valence-corrected chi connectivity index (χ4v) is 4.92. The monoisotopic (exact) mass is 468 g/mol. The number of nitrogens with zero attached hydrogens (tertiary/aromatic N) is 5. The second kappa shape index (κ2) is 7.83. The molecule has 0 unspecified atom stereocenters. The maximum Gasteiger partial charge on any atom is 0.406 e. The summed E-state index contributed by atoms with van der Waals surface area (Å²) in [5.41, 5.74) is 1.51. The highest BCUT2D eigenvalue weighted by Crippen LogP contribution is 2.31. The maximum atomic E-state index is 13.3. The van der Waals surface area contributed by atoms with Crippen molar-refractivity contribution in [2.24, 2.45) is 0 Å². The third-order valence-electron chi connectivity index (χ3n) is 6.79. The first-order valence-corrected chi connectivity index (χ1v) is 11.4. The zero-order chi connectivity index (χ0) is 23.4. The highest BCUT2D eigenvalue weighted by Gasteiger charge is 2.32. The van der Waals surface area contributed by atoms with Crippen LogP contribution in [0.25, 0.3) is 32.9 Å². The van der Waals surface area contributed by atoms with E-state index in [1.54, 1.807) is 18.3 Å². The average molecular weight is 468 g/mol. The molecule has 0 spiro atoms. The summed E-state index contributed by atoms with van der Waals surface area (Å²) in [7, 11) is 0. The second-order valence-electron chi connectivity index (χ2n) is 9.05. The molecular weight excluding hydrogens is 445 g/mol. The molecule has 1 saturated carbocycles. The van der Waals surface area contributed by atoms with E-state index in [2.05, 4.69) is 25.0 Å². The number of hydrogen-bond acceptors (Lipinski definition) is 5. The van der Waals surface area contributed by atoms with Crippen molar-refractivity contribution in [3.63, 3.8) is 0 Å². The van der Waals surface area contributed by atoms with Gasteiger partial charge in [0, 0.05) is 43.8 Å².